The van der Waals surface area contributed by atoms with Gasteiger partial charge in [-0.3, -0.25) is 20.3 Å². The van der Waals surface area contributed by atoms with Crippen molar-refractivity contribution < 1.29 is 22.6 Å². The Labute approximate surface area is 144 Å². The number of sulfonamides is 1. The van der Waals surface area contributed by atoms with Gasteiger partial charge >= 0.3 is 0 Å². The van der Waals surface area contributed by atoms with Crippen LogP contribution in [-0.2, 0) is 10.0 Å². The Hall–Kier alpha value is -2.72. The van der Waals surface area contributed by atoms with E-state index in [-0.39, 0.29) is 16.1 Å². The fraction of sp³-hybridized carbons (Fsp3) is 0.267. The number of hydrogen-bond acceptors (Lipinski definition) is 6. The van der Waals surface area contributed by atoms with E-state index in [0.29, 0.717) is 22.6 Å². The minimum atomic E-state index is -4.20. The van der Waals surface area contributed by atoms with Gasteiger partial charge in [-0.15, -0.1) is 4.83 Å². The molecule has 9 nitrogen and oxygen atoms in total. The second-order valence-electron chi connectivity index (χ2n) is 5.53. The van der Waals surface area contributed by atoms with Crippen molar-refractivity contribution in [3.63, 3.8) is 0 Å². The van der Waals surface area contributed by atoms with Crippen LogP contribution in [0.4, 0.5) is 5.69 Å². The number of furan rings is 1. The maximum atomic E-state index is 12.4. The molecule has 2 rings (SSSR count). The minimum absolute atomic E-state index is 0.187. The number of rotatable bonds is 5. The fourth-order valence-electron chi connectivity index (χ4n) is 2.29. The first-order chi connectivity index (χ1) is 11.5. The first-order valence-corrected chi connectivity index (χ1v) is 8.66. The van der Waals surface area contributed by atoms with E-state index in [4.69, 9.17) is 4.42 Å². The molecule has 0 bridgehead atoms. The number of nitrogens with zero attached hydrogens (tertiary/aromatic N) is 1. The Kier molecular flexibility index (Phi) is 4.95. The Morgan fingerprint density at radius 3 is 2.32 bits per heavy atom. The predicted octanol–water partition coefficient (Wildman–Crippen LogP) is 2.04. The lowest BCUT2D eigenvalue weighted by Gasteiger charge is -2.11. The summed E-state index contributed by atoms with van der Waals surface area (Å²) in [5.74, 6) is 0.157. The molecule has 2 aromatic rings. The van der Waals surface area contributed by atoms with E-state index in [1.807, 2.05) is 4.83 Å². The van der Waals surface area contributed by atoms with E-state index in [1.54, 1.807) is 20.8 Å². The van der Waals surface area contributed by atoms with Crippen LogP contribution in [0.5, 0.6) is 0 Å². The molecule has 1 aromatic heterocycles. The first-order valence-electron chi connectivity index (χ1n) is 7.17. The van der Waals surface area contributed by atoms with E-state index >= 15 is 0 Å². The van der Waals surface area contributed by atoms with Crippen molar-refractivity contribution in [1.82, 2.24) is 10.3 Å². The van der Waals surface area contributed by atoms with Crippen molar-refractivity contribution in [2.75, 3.05) is 0 Å². The molecule has 1 heterocycles. The van der Waals surface area contributed by atoms with Crippen LogP contribution in [0.1, 0.15) is 33.0 Å². The molecule has 134 valence electrons. The number of carbonyl (C=O) groups is 1. The zero-order valence-corrected chi connectivity index (χ0v) is 14.9. The molecule has 2 N–H and O–H groups in total. The van der Waals surface area contributed by atoms with Crippen LogP contribution in [0.25, 0.3) is 0 Å². The van der Waals surface area contributed by atoms with Gasteiger partial charge in [0.2, 0.25) is 0 Å². The molecule has 1 amide bonds. The van der Waals surface area contributed by atoms with Gasteiger partial charge in [-0.2, -0.15) is 0 Å². The molecule has 0 unspecified atom stereocenters. The van der Waals surface area contributed by atoms with Gasteiger partial charge < -0.3 is 4.42 Å². The third-order valence-electron chi connectivity index (χ3n) is 3.69. The van der Waals surface area contributed by atoms with E-state index in [0.717, 1.165) is 6.07 Å². The number of hydrogen-bond donors (Lipinski definition) is 2. The van der Waals surface area contributed by atoms with E-state index in [9.17, 15) is 23.3 Å². The summed E-state index contributed by atoms with van der Waals surface area (Å²) in [6, 6.07) is 3.70. The highest BCUT2D eigenvalue weighted by Gasteiger charge is 2.23. The van der Waals surface area contributed by atoms with Crippen LogP contribution in [0, 0.1) is 37.8 Å². The molecule has 10 heteroatoms. The maximum absolute atomic E-state index is 12.4. The average molecular weight is 367 g/mol. The van der Waals surface area contributed by atoms with Gasteiger partial charge in [0, 0.05) is 12.1 Å². The standard InChI is InChI=1S/C15H17N3O6S/c1-8-5-12(18(20)21)7-14(10(8)3)25(22,23)17-16-15(19)13-6-9(2)24-11(13)4/h5-7,17H,1-4H3,(H,16,19). The van der Waals surface area contributed by atoms with Crippen molar-refractivity contribution in [2.24, 2.45) is 0 Å². The van der Waals surface area contributed by atoms with Crippen LogP contribution in [0.2, 0.25) is 0 Å². The molecule has 0 spiro atoms. The van der Waals surface area contributed by atoms with Crippen LogP contribution >= 0.6 is 0 Å². The normalized spacial score (nSPS) is 11.4. The molecular formula is C15H17N3O6S. The maximum Gasteiger partial charge on any atom is 0.271 e. The number of carbonyl (C=O) groups excluding carboxylic acids is 1. The highest BCUT2D eigenvalue weighted by Crippen LogP contribution is 2.25. The van der Waals surface area contributed by atoms with Crippen LogP contribution < -0.4 is 10.3 Å². The molecule has 0 fully saturated rings. The molecule has 0 saturated heterocycles. The molecule has 0 radical (unpaired) electrons. The Morgan fingerprint density at radius 2 is 1.80 bits per heavy atom. The number of hydrazine groups is 1. The summed E-state index contributed by atoms with van der Waals surface area (Å²) in [6.07, 6.45) is 0. The van der Waals surface area contributed by atoms with E-state index < -0.39 is 20.9 Å². The summed E-state index contributed by atoms with van der Waals surface area (Å²) in [5.41, 5.74) is 2.71. The molecule has 0 aliphatic heterocycles. The summed E-state index contributed by atoms with van der Waals surface area (Å²) < 4.78 is 30.1. The second kappa shape index (κ2) is 6.65. The monoisotopic (exact) mass is 367 g/mol. The van der Waals surface area contributed by atoms with Gasteiger partial charge in [0.05, 0.1) is 15.4 Å². The first kappa shape index (κ1) is 18.6. The lowest BCUT2D eigenvalue weighted by Crippen LogP contribution is -2.41. The summed E-state index contributed by atoms with van der Waals surface area (Å²) in [6.45, 7) is 6.32. The van der Waals surface area contributed by atoms with Crippen LogP contribution in [0.3, 0.4) is 0 Å². The third kappa shape index (κ3) is 3.86. The molecule has 0 aliphatic rings. The third-order valence-corrected chi connectivity index (χ3v) is 5.06. The zero-order chi connectivity index (χ0) is 18.9. The number of nitro groups is 1. The quantitative estimate of drug-likeness (QED) is 0.614. The highest BCUT2D eigenvalue weighted by molar-refractivity contribution is 7.89. The summed E-state index contributed by atoms with van der Waals surface area (Å²) in [7, 11) is -4.20. The molecular weight excluding hydrogens is 350 g/mol. The molecule has 0 aliphatic carbocycles. The van der Waals surface area contributed by atoms with Gasteiger partial charge in [0.25, 0.3) is 21.6 Å². The Balaban J connectivity index is 2.29. The van der Waals surface area contributed by atoms with Gasteiger partial charge in [0.1, 0.15) is 11.5 Å². The smallest absolute Gasteiger partial charge is 0.271 e. The number of aryl methyl sites for hydroxylation is 3. The Morgan fingerprint density at radius 1 is 1.16 bits per heavy atom. The zero-order valence-electron chi connectivity index (χ0n) is 14.0. The Bertz CT molecular complexity index is 962. The minimum Gasteiger partial charge on any atom is -0.466 e. The predicted molar refractivity (Wildman–Crippen MR) is 88.5 cm³/mol. The topological polar surface area (TPSA) is 132 Å². The molecule has 1 aromatic carbocycles. The molecule has 0 saturated carbocycles. The number of amides is 1. The summed E-state index contributed by atoms with van der Waals surface area (Å²) in [5, 5.41) is 10.9. The fourth-order valence-corrected chi connectivity index (χ4v) is 3.46. The number of nitro benzene ring substituents is 1. The van der Waals surface area contributed by atoms with Crippen molar-refractivity contribution in [3.8, 4) is 0 Å². The average Bonchev–Trinajstić information content (AvgIpc) is 2.85. The van der Waals surface area contributed by atoms with Crippen molar-refractivity contribution in [3.05, 3.63) is 56.5 Å². The lowest BCUT2D eigenvalue weighted by molar-refractivity contribution is -0.385. The van der Waals surface area contributed by atoms with Gasteiger partial charge in [0.15, 0.2) is 0 Å². The van der Waals surface area contributed by atoms with Crippen molar-refractivity contribution in [2.45, 2.75) is 32.6 Å². The van der Waals surface area contributed by atoms with Gasteiger partial charge in [-0.25, -0.2) is 8.42 Å². The van der Waals surface area contributed by atoms with Crippen LogP contribution in [-0.4, -0.2) is 19.2 Å². The SMILES string of the molecule is Cc1cc(C(=O)NNS(=O)(=O)c2cc([N+](=O)[O-])cc(C)c2C)c(C)o1. The van der Waals surface area contributed by atoms with Gasteiger partial charge in [-0.05, 0) is 44.9 Å². The molecule has 25 heavy (non-hydrogen) atoms. The molecule has 0 atom stereocenters. The number of nitrogens with one attached hydrogen (secondary N) is 2. The summed E-state index contributed by atoms with van der Waals surface area (Å²) >= 11 is 0. The van der Waals surface area contributed by atoms with Crippen molar-refractivity contribution >= 4 is 21.6 Å². The van der Waals surface area contributed by atoms with E-state index in [1.165, 1.54) is 19.1 Å². The van der Waals surface area contributed by atoms with E-state index in [2.05, 4.69) is 5.43 Å². The largest absolute Gasteiger partial charge is 0.466 e. The number of non-ortho nitro benzene ring substituents is 1. The highest BCUT2D eigenvalue weighted by atomic mass is 32.2. The second-order valence-corrected chi connectivity index (χ2v) is 7.18. The van der Waals surface area contributed by atoms with Crippen molar-refractivity contribution in [1.29, 1.82) is 0 Å². The van der Waals surface area contributed by atoms with Crippen LogP contribution in [0.15, 0.2) is 27.5 Å². The lowest BCUT2D eigenvalue weighted by atomic mass is 10.1. The number of benzene rings is 1. The van der Waals surface area contributed by atoms with Gasteiger partial charge in [-0.1, -0.05) is 0 Å². The summed E-state index contributed by atoms with van der Waals surface area (Å²) in [4.78, 5) is 24.0.